The van der Waals surface area contributed by atoms with Crippen LogP contribution >= 0.6 is 39.0 Å². The Morgan fingerprint density at radius 1 is 1.10 bits per heavy atom. The van der Waals surface area contributed by atoms with E-state index in [1.807, 2.05) is 60.9 Å². The molecular formula is C31H25BrN2O5S2. The summed E-state index contributed by atoms with van der Waals surface area (Å²) in [6, 6.07) is 21.6. The van der Waals surface area contributed by atoms with Crippen LogP contribution in [0.5, 0.6) is 5.75 Å². The molecule has 5 rings (SSSR count). The zero-order valence-corrected chi connectivity index (χ0v) is 25.6. The van der Waals surface area contributed by atoms with E-state index in [2.05, 4.69) is 15.9 Å². The highest BCUT2D eigenvalue weighted by atomic mass is 79.9. The molecule has 10 heteroatoms. The van der Waals surface area contributed by atoms with Crippen molar-refractivity contribution in [3.8, 4) is 5.75 Å². The molecule has 0 bridgehead atoms. The molecule has 0 N–H and O–H groups in total. The molecule has 0 amide bonds. The first-order valence-electron chi connectivity index (χ1n) is 12.7. The Labute approximate surface area is 253 Å². The molecule has 0 fully saturated rings. The Balaban J connectivity index is 1.81. The molecule has 7 nitrogen and oxygen atoms in total. The first-order valence-corrected chi connectivity index (χ1v) is 15.5. The zero-order valence-electron chi connectivity index (χ0n) is 22.4. The van der Waals surface area contributed by atoms with Crippen LogP contribution in [0.25, 0.3) is 11.8 Å². The van der Waals surface area contributed by atoms with Crippen molar-refractivity contribution in [2.24, 2.45) is 4.99 Å². The average Bonchev–Trinajstić information content (AvgIpc) is 3.28. The predicted molar refractivity (Wildman–Crippen MR) is 165 cm³/mol. The first-order chi connectivity index (χ1) is 19.8. The van der Waals surface area contributed by atoms with Crippen molar-refractivity contribution in [2.45, 2.75) is 24.8 Å². The number of carbonyl (C=O) groups excluding carboxylic acids is 2. The van der Waals surface area contributed by atoms with Crippen LogP contribution in [-0.2, 0) is 14.3 Å². The summed E-state index contributed by atoms with van der Waals surface area (Å²) in [6.07, 6.45) is 3.67. The Morgan fingerprint density at radius 3 is 2.49 bits per heavy atom. The maximum atomic E-state index is 14.1. The molecule has 0 spiro atoms. The van der Waals surface area contributed by atoms with E-state index >= 15 is 0 Å². The molecular weight excluding hydrogens is 624 g/mol. The Morgan fingerprint density at radius 2 is 1.83 bits per heavy atom. The summed E-state index contributed by atoms with van der Waals surface area (Å²) < 4.78 is 13.6. The van der Waals surface area contributed by atoms with Gasteiger partial charge in [0.1, 0.15) is 5.75 Å². The molecule has 0 saturated carbocycles. The number of ether oxygens (including phenoxy) is 2. The molecule has 0 saturated heterocycles. The fourth-order valence-electron chi connectivity index (χ4n) is 4.56. The molecule has 1 aromatic heterocycles. The van der Waals surface area contributed by atoms with E-state index in [1.54, 1.807) is 47.5 Å². The quantitative estimate of drug-likeness (QED) is 0.153. The van der Waals surface area contributed by atoms with Gasteiger partial charge in [0.2, 0.25) is 0 Å². The monoisotopic (exact) mass is 648 g/mol. The molecule has 0 unspecified atom stereocenters. The average molecular weight is 650 g/mol. The minimum absolute atomic E-state index is 0.175. The normalized spacial score (nSPS) is 14.8. The summed E-state index contributed by atoms with van der Waals surface area (Å²) >= 11 is 6.26. The number of aromatic nitrogens is 1. The Bertz CT molecular complexity index is 1840. The van der Waals surface area contributed by atoms with Gasteiger partial charge in [-0.15, -0.1) is 11.8 Å². The summed E-state index contributed by atoms with van der Waals surface area (Å²) in [4.78, 5) is 45.8. The second-order valence-electron chi connectivity index (χ2n) is 8.98. The number of hydrogen-bond acceptors (Lipinski definition) is 8. The molecule has 208 valence electrons. The van der Waals surface area contributed by atoms with Crippen LogP contribution in [0.1, 0.15) is 36.6 Å². The van der Waals surface area contributed by atoms with Crippen molar-refractivity contribution in [3.05, 3.63) is 119 Å². The number of fused-ring (bicyclic) bond motifs is 1. The minimum atomic E-state index is -0.769. The van der Waals surface area contributed by atoms with E-state index in [9.17, 15) is 14.4 Å². The Kier molecular flexibility index (Phi) is 8.72. The van der Waals surface area contributed by atoms with Gasteiger partial charge in [-0.1, -0.05) is 69.7 Å². The van der Waals surface area contributed by atoms with Gasteiger partial charge in [-0.2, -0.15) is 0 Å². The topological polar surface area (TPSA) is 87.0 Å². The molecule has 4 aromatic rings. The number of carbonyl (C=O) groups is 2. The number of thioether (sulfide) groups is 1. The fourth-order valence-corrected chi connectivity index (χ4v) is 6.34. The van der Waals surface area contributed by atoms with E-state index in [4.69, 9.17) is 14.5 Å². The number of halogens is 1. The van der Waals surface area contributed by atoms with Crippen molar-refractivity contribution < 1.29 is 19.1 Å². The second-order valence-corrected chi connectivity index (χ2v) is 11.8. The third-order valence-electron chi connectivity index (χ3n) is 6.32. The largest absolute Gasteiger partial charge is 0.463 e. The summed E-state index contributed by atoms with van der Waals surface area (Å²) in [7, 11) is 0. The smallest absolute Gasteiger partial charge is 0.338 e. The van der Waals surface area contributed by atoms with Crippen LogP contribution in [0.3, 0.4) is 0 Å². The van der Waals surface area contributed by atoms with E-state index in [0.717, 1.165) is 20.5 Å². The summed E-state index contributed by atoms with van der Waals surface area (Å²) in [5, 5.41) is 0. The molecule has 0 radical (unpaired) electrons. The van der Waals surface area contributed by atoms with E-state index in [0.29, 0.717) is 26.3 Å². The maximum Gasteiger partial charge on any atom is 0.338 e. The summed E-state index contributed by atoms with van der Waals surface area (Å²) in [5.74, 6) is -0.677. The van der Waals surface area contributed by atoms with Crippen LogP contribution in [0.15, 0.2) is 97.5 Å². The van der Waals surface area contributed by atoms with Crippen molar-refractivity contribution in [1.82, 2.24) is 4.57 Å². The standard InChI is InChI=1S/C31H25BrN2O5S2/c1-4-38-30(37)26-27(19-8-6-5-7-9-19)33-31-34(28(26)20-10-13-23(40-3)14-11-20)29(36)25(41-31)17-21-16-22(32)12-15-24(21)39-18(2)35/h5-17,28H,4H2,1-3H3/b25-17-/t28-/m1/s1. The summed E-state index contributed by atoms with van der Waals surface area (Å²) in [6.45, 7) is 3.25. The zero-order chi connectivity index (χ0) is 29.1. The van der Waals surface area contributed by atoms with E-state index in [-0.39, 0.29) is 17.7 Å². The van der Waals surface area contributed by atoms with Crippen LogP contribution in [-0.4, -0.2) is 29.4 Å². The third kappa shape index (κ3) is 6.00. The van der Waals surface area contributed by atoms with Crippen molar-refractivity contribution >= 4 is 62.7 Å². The number of rotatable bonds is 7. The van der Waals surface area contributed by atoms with Crippen LogP contribution in [0, 0.1) is 0 Å². The lowest BCUT2D eigenvalue weighted by Crippen LogP contribution is -2.40. The molecule has 0 aliphatic carbocycles. The van der Waals surface area contributed by atoms with Gasteiger partial charge in [0, 0.05) is 27.4 Å². The number of benzene rings is 3. The van der Waals surface area contributed by atoms with Gasteiger partial charge in [-0.25, -0.2) is 9.79 Å². The first kappa shape index (κ1) is 28.8. The van der Waals surface area contributed by atoms with Gasteiger partial charge in [0.15, 0.2) is 4.80 Å². The lowest BCUT2D eigenvalue weighted by Gasteiger charge is -2.26. The number of thiazole rings is 1. The maximum absolute atomic E-state index is 14.1. The molecule has 2 heterocycles. The highest BCUT2D eigenvalue weighted by molar-refractivity contribution is 9.10. The van der Waals surface area contributed by atoms with E-state index < -0.39 is 18.0 Å². The highest BCUT2D eigenvalue weighted by Crippen LogP contribution is 2.35. The number of esters is 2. The molecule has 41 heavy (non-hydrogen) atoms. The van der Waals surface area contributed by atoms with Gasteiger partial charge in [-0.05, 0) is 55.2 Å². The van der Waals surface area contributed by atoms with E-state index in [1.165, 1.54) is 18.3 Å². The molecule has 3 aromatic carbocycles. The van der Waals surface area contributed by atoms with Crippen molar-refractivity contribution in [3.63, 3.8) is 0 Å². The summed E-state index contributed by atoms with van der Waals surface area (Å²) in [5.41, 5.74) is 2.47. The van der Waals surface area contributed by atoms with Crippen molar-refractivity contribution in [2.75, 3.05) is 12.9 Å². The predicted octanol–water partition coefficient (Wildman–Crippen LogP) is 5.35. The van der Waals surface area contributed by atoms with Crippen LogP contribution in [0.2, 0.25) is 0 Å². The lowest BCUT2D eigenvalue weighted by atomic mass is 9.93. The highest BCUT2D eigenvalue weighted by Gasteiger charge is 2.35. The van der Waals surface area contributed by atoms with Crippen molar-refractivity contribution in [1.29, 1.82) is 0 Å². The third-order valence-corrected chi connectivity index (χ3v) is 8.54. The van der Waals surface area contributed by atoms with Crippen LogP contribution in [0.4, 0.5) is 0 Å². The lowest BCUT2D eigenvalue weighted by molar-refractivity contribution is -0.139. The number of hydrogen-bond donors (Lipinski definition) is 0. The van der Waals surface area contributed by atoms with Gasteiger partial charge < -0.3 is 9.47 Å². The fraction of sp³-hybridized carbons (Fsp3) is 0.161. The second kappa shape index (κ2) is 12.4. The Hall–Kier alpha value is -3.73. The molecule has 1 aliphatic heterocycles. The van der Waals surface area contributed by atoms with Gasteiger partial charge in [-0.3, -0.25) is 14.2 Å². The van der Waals surface area contributed by atoms with Gasteiger partial charge >= 0.3 is 11.9 Å². The SMILES string of the molecule is CCOC(=O)C1=C(c2ccccc2)N=c2s/c(=C\c3cc(Br)ccc3OC(C)=O)c(=O)n2[C@@H]1c1ccc(SC)cc1. The molecule has 1 atom stereocenters. The van der Waals surface area contributed by atoms with Gasteiger partial charge in [0.05, 0.1) is 28.5 Å². The number of nitrogens with zero attached hydrogens (tertiary/aromatic N) is 2. The molecule has 1 aliphatic rings. The van der Waals surface area contributed by atoms with Gasteiger partial charge in [0.25, 0.3) is 5.56 Å². The van der Waals surface area contributed by atoms with Crippen LogP contribution < -0.4 is 19.6 Å². The minimum Gasteiger partial charge on any atom is -0.463 e.